The van der Waals surface area contributed by atoms with E-state index in [9.17, 15) is 13.2 Å². The van der Waals surface area contributed by atoms with Gasteiger partial charge in [0.15, 0.2) is 0 Å². The Morgan fingerprint density at radius 1 is 1.14 bits per heavy atom. The standard InChI is InChI=1S/C21H31N3O3S2/c1-5-24(6-2)20(16(3)4)15-22-21(25)17-9-7-11-19(13-17)29(26,27)23-14-18-10-8-12-28-18/h7-13,16,20,23H,5-6,14-15H2,1-4H3,(H,22,25). The number of carbonyl (C=O) groups excluding carboxylic acids is 1. The maximum absolute atomic E-state index is 12.7. The highest BCUT2D eigenvalue weighted by atomic mass is 32.2. The van der Waals surface area contributed by atoms with Gasteiger partial charge in [-0.2, -0.15) is 0 Å². The van der Waals surface area contributed by atoms with E-state index in [1.807, 2.05) is 17.5 Å². The molecule has 2 N–H and O–H groups in total. The maximum Gasteiger partial charge on any atom is 0.251 e. The van der Waals surface area contributed by atoms with E-state index in [0.717, 1.165) is 18.0 Å². The van der Waals surface area contributed by atoms with Crippen LogP contribution >= 0.6 is 11.3 Å². The first-order valence-electron chi connectivity index (χ1n) is 9.92. The third-order valence-corrected chi connectivity index (χ3v) is 7.22. The Labute approximate surface area is 178 Å². The summed E-state index contributed by atoms with van der Waals surface area (Å²) in [6.45, 7) is 11.1. The molecule has 2 rings (SSSR count). The fourth-order valence-corrected chi connectivity index (χ4v) is 5.03. The Morgan fingerprint density at radius 3 is 2.45 bits per heavy atom. The third-order valence-electron chi connectivity index (χ3n) is 4.95. The van der Waals surface area contributed by atoms with Crippen molar-refractivity contribution < 1.29 is 13.2 Å². The molecular formula is C21H31N3O3S2. The van der Waals surface area contributed by atoms with Crippen molar-refractivity contribution in [1.82, 2.24) is 14.9 Å². The summed E-state index contributed by atoms with van der Waals surface area (Å²) in [4.78, 5) is 16.0. The Kier molecular flexibility index (Phi) is 8.82. The van der Waals surface area contributed by atoms with E-state index >= 15 is 0 Å². The summed E-state index contributed by atoms with van der Waals surface area (Å²) < 4.78 is 27.7. The van der Waals surface area contributed by atoms with Crippen molar-refractivity contribution in [2.75, 3.05) is 19.6 Å². The molecule has 29 heavy (non-hydrogen) atoms. The minimum absolute atomic E-state index is 0.0888. The van der Waals surface area contributed by atoms with Gasteiger partial charge in [0.05, 0.1) is 4.90 Å². The molecule has 1 atom stereocenters. The number of carbonyl (C=O) groups is 1. The van der Waals surface area contributed by atoms with E-state index in [1.54, 1.807) is 12.1 Å². The number of rotatable bonds is 11. The first kappa shape index (κ1) is 23.5. The van der Waals surface area contributed by atoms with Crippen LogP contribution in [-0.2, 0) is 16.6 Å². The van der Waals surface area contributed by atoms with Gasteiger partial charge < -0.3 is 5.32 Å². The number of benzene rings is 1. The summed E-state index contributed by atoms with van der Waals surface area (Å²) in [5.41, 5.74) is 0.339. The molecule has 0 radical (unpaired) electrons. The zero-order valence-corrected chi connectivity index (χ0v) is 19.1. The summed E-state index contributed by atoms with van der Waals surface area (Å²) in [6.07, 6.45) is 0. The zero-order chi connectivity index (χ0) is 21.4. The Bertz CT molecular complexity index is 876. The highest BCUT2D eigenvalue weighted by molar-refractivity contribution is 7.89. The van der Waals surface area contributed by atoms with Gasteiger partial charge in [-0.25, -0.2) is 13.1 Å². The average molecular weight is 438 g/mol. The van der Waals surface area contributed by atoms with Gasteiger partial charge in [0.2, 0.25) is 10.0 Å². The van der Waals surface area contributed by atoms with E-state index in [1.165, 1.54) is 23.5 Å². The highest BCUT2D eigenvalue weighted by Gasteiger charge is 2.21. The molecule has 0 fully saturated rings. The van der Waals surface area contributed by atoms with Crippen LogP contribution in [0.25, 0.3) is 0 Å². The SMILES string of the molecule is CCN(CC)C(CNC(=O)c1cccc(S(=O)(=O)NCc2cccs2)c1)C(C)C. The smallest absolute Gasteiger partial charge is 0.251 e. The van der Waals surface area contributed by atoms with Crippen LogP contribution in [0.3, 0.4) is 0 Å². The Hall–Kier alpha value is -1.74. The van der Waals surface area contributed by atoms with Crippen LogP contribution < -0.4 is 10.0 Å². The molecular weight excluding hydrogens is 406 g/mol. The fourth-order valence-electron chi connectivity index (χ4n) is 3.25. The lowest BCUT2D eigenvalue weighted by Gasteiger charge is -2.32. The van der Waals surface area contributed by atoms with Crippen LogP contribution in [0.1, 0.15) is 42.9 Å². The topological polar surface area (TPSA) is 78.5 Å². The van der Waals surface area contributed by atoms with Crippen LogP contribution in [0.5, 0.6) is 0 Å². The second-order valence-corrected chi connectivity index (χ2v) is 9.97. The summed E-state index contributed by atoms with van der Waals surface area (Å²) >= 11 is 1.49. The molecule has 1 amide bonds. The van der Waals surface area contributed by atoms with E-state index in [4.69, 9.17) is 0 Å². The number of nitrogens with zero attached hydrogens (tertiary/aromatic N) is 1. The number of amides is 1. The van der Waals surface area contributed by atoms with Gasteiger partial charge >= 0.3 is 0 Å². The van der Waals surface area contributed by atoms with Crippen molar-refractivity contribution in [2.45, 2.75) is 45.2 Å². The van der Waals surface area contributed by atoms with Gasteiger partial charge in [0.25, 0.3) is 5.91 Å². The number of likely N-dealkylation sites (N-methyl/N-ethyl adjacent to an activating group) is 1. The normalized spacial score (nSPS) is 13.0. The first-order valence-corrected chi connectivity index (χ1v) is 12.3. The molecule has 0 spiro atoms. The van der Waals surface area contributed by atoms with E-state index in [2.05, 4.69) is 42.6 Å². The minimum Gasteiger partial charge on any atom is -0.350 e. The summed E-state index contributed by atoms with van der Waals surface area (Å²) in [5, 5.41) is 4.87. The molecule has 0 saturated heterocycles. The van der Waals surface area contributed by atoms with Crippen molar-refractivity contribution in [3.8, 4) is 0 Å². The molecule has 0 aliphatic carbocycles. The average Bonchev–Trinajstić information content (AvgIpc) is 3.23. The van der Waals surface area contributed by atoms with Crippen molar-refractivity contribution in [3.05, 3.63) is 52.2 Å². The molecule has 1 heterocycles. The minimum atomic E-state index is -3.69. The van der Waals surface area contributed by atoms with E-state index in [0.29, 0.717) is 18.0 Å². The zero-order valence-electron chi connectivity index (χ0n) is 17.5. The lowest BCUT2D eigenvalue weighted by molar-refractivity contribution is 0.0921. The van der Waals surface area contributed by atoms with Crippen LogP contribution in [0, 0.1) is 5.92 Å². The van der Waals surface area contributed by atoms with Crippen LogP contribution in [0.2, 0.25) is 0 Å². The van der Waals surface area contributed by atoms with Gasteiger partial charge in [-0.15, -0.1) is 11.3 Å². The Balaban J connectivity index is 2.06. The molecule has 1 aromatic carbocycles. The van der Waals surface area contributed by atoms with Crippen LogP contribution in [0.4, 0.5) is 0 Å². The molecule has 160 valence electrons. The molecule has 0 aliphatic rings. The van der Waals surface area contributed by atoms with Gasteiger partial charge in [0, 0.05) is 29.6 Å². The molecule has 2 aromatic rings. The molecule has 0 bridgehead atoms. The second kappa shape index (κ2) is 10.9. The number of sulfonamides is 1. The summed E-state index contributed by atoms with van der Waals surface area (Å²) in [6, 6.07) is 10.1. The lowest BCUT2D eigenvalue weighted by Crippen LogP contribution is -2.46. The second-order valence-electron chi connectivity index (χ2n) is 7.17. The van der Waals surface area contributed by atoms with Crippen molar-refractivity contribution >= 4 is 27.3 Å². The van der Waals surface area contributed by atoms with Crippen molar-refractivity contribution in [3.63, 3.8) is 0 Å². The molecule has 0 aliphatic heterocycles. The predicted molar refractivity (Wildman–Crippen MR) is 119 cm³/mol. The molecule has 8 heteroatoms. The van der Waals surface area contributed by atoms with E-state index in [-0.39, 0.29) is 23.4 Å². The number of hydrogen-bond acceptors (Lipinski definition) is 5. The van der Waals surface area contributed by atoms with Crippen LogP contribution in [0.15, 0.2) is 46.7 Å². The third kappa shape index (κ3) is 6.64. The van der Waals surface area contributed by atoms with Crippen molar-refractivity contribution in [2.24, 2.45) is 5.92 Å². The van der Waals surface area contributed by atoms with Gasteiger partial charge in [-0.05, 0) is 48.7 Å². The number of nitrogens with one attached hydrogen (secondary N) is 2. The van der Waals surface area contributed by atoms with Gasteiger partial charge in [-0.3, -0.25) is 9.69 Å². The van der Waals surface area contributed by atoms with E-state index < -0.39 is 10.0 Å². The van der Waals surface area contributed by atoms with Gasteiger partial charge in [0.1, 0.15) is 0 Å². The Morgan fingerprint density at radius 2 is 1.86 bits per heavy atom. The molecule has 0 saturated carbocycles. The lowest BCUT2D eigenvalue weighted by atomic mass is 10.0. The number of hydrogen-bond donors (Lipinski definition) is 2. The quantitative estimate of drug-likeness (QED) is 0.565. The maximum atomic E-state index is 12.7. The number of thiophene rings is 1. The highest BCUT2D eigenvalue weighted by Crippen LogP contribution is 2.15. The molecule has 1 aromatic heterocycles. The monoisotopic (exact) mass is 437 g/mol. The molecule has 6 nitrogen and oxygen atoms in total. The summed E-state index contributed by atoms with van der Waals surface area (Å²) in [7, 11) is -3.69. The predicted octanol–water partition coefficient (Wildman–Crippen LogP) is 3.32. The summed E-state index contributed by atoms with van der Waals surface area (Å²) in [5.74, 6) is 0.126. The fraction of sp³-hybridized carbons (Fsp3) is 0.476. The van der Waals surface area contributed by atoms with Crippen molar-refractivity contribution in [1.29, 1.82) is 0 Å². The van der Waals surface area contributed by atoms with Gasteiger partial charge in [-0.1, -0.05) is 39.8 Å². The molecule has 1 unspecified atom stereocenters. The first-order chi connectivity index (χ1) is 13.8. The van der Waals surface area contributed by atoms with Crippen LogP contribution in [-0.4, -0.2) is 44.9 Å². The largest absolute Gasteiger partial charge is 0.350 e.